The minimum absolute atomic E-state index is 0.0214. The Labute approximate surface area is 208 Å². The molecule has 0 saturated carbocycles. The number of piperazine rings is 1. The molecule has 4 aromatic rings. The maximum absolute atomic E-state index is 13.0. The van der Waals surface area contributed by atoms with Gasteiger partial charge in [-0.2, -0.15) is 0 Å². The minimum Gasteiger partial charge on any atom is -0.337 e. The Bertz CT molecular complexity index is 1410. The number of benzene rings is 2. The SMILES string of the molecule is O=C(c1ccc(Nc2ncc3c(n2)-c2ccccc2C=NC3)cc1)N1CCN(c2ncccn2)CC1. The third kappa shape index (κ3) is 4.38. The number of carbonyl (C=O) groups excluding carboxylic acids is 1. The van der Waals surface area contributed by atoms with Crippen LogP contribution >= 0.6 is 0 Å². The number of anilines is 3. The molecule has 2 aliphatic heterocycles. The van der Waals surface area contributed by atoms with Gasteiger partial charge in [0.05, 0.1) is 12.2 Å². The van der Waals surface area contributed by atoms with Crippen molar-refractivity contribution in [2.75, 3.05) is 36.4 Å². The molecule has 9 heteroatoms. The van der Waals surface area contributed by atoms with Crippen LogP contribution in [0.1, 0.15) is 21.5 Å². The van der Waals surface area contributed by atoms with E-state index in [-0.39, 0.29) is 5.91 Å². The van der Waals surface area contributed by atoms with Gasteiger partial charge >= 0.3 is 0 Å². The fourth-order valence-corrected chi connectivity index (χ4v) is 4.46. The lowest BCUT2D eigenvalue weighted by molar-refractivity contribution is 0.0746. The van der Waals surface area contributed by atoms with Gasteiger partial charge in [-0.25, -0.2) is 19.9 Å². The van der Waals surface area contributed by atoms with E-state index in [1.807, 2.05) is 59.8 Å². The second-order valence-corrected chi connectivity index (χ2v) is 8.65. The molecule has 2 aliphatic rings. The monoisotopic (exact) mass is 476 g/mol. The van der Waals surface area contributed by atoms with Gasteiger partial charge in [0.15, 0.2) is 0 Å². The number of nitrogens with one attached hydrogen (secondary N) is 1. The van der Waals surface area contributed by atoms with E-state index >= 15 is 0 Å². The van der Waals surface area contributed by atoms with Crippen LogP contribution in [0.5, 0.6) is 0 Å². The third-order valence-electron chi connectivity index (χ3n) is 6.36. The number of rotatable bonds is 4. The van der Waals surface area contributed by atoms with Gasteiger partial charge in [0.1, 0.15) is 0 Å². The molecule has 2 aromatic heterocycles. The van der Waals surface area contributed by atoms with Crippen molar-refractivity contribution in [3.05, 3.63) is 89.9 Å². The van der Waals surface area contributed by atoms with Crippen molar-refractivity contribution in [1.82, 2.24) is 24.8 Å². The molecule has 36 heavy (non-hydrogen) atoms. The van der Waals surface area contributed by atoms with Crippen LogP contribution in [-0.2, 0) is 6.54 Å². The molecule has 2 aromatic carbocycles. The number of amides is 1. The summed E-state index contributed by atoms with van der Waals surface area (Å²) in [7, 11) is 0. The number of nitrogens with zero attached hydrogens (tertiary/aromatic N) is 7. The van der Waals surface area contributed by atoms with Gasteiger partial charge < -0.3 is 15.1 Å². The summed E-state index contributed by atoms with van der Waals surface area (Å²) in [5.74, 6) is 1.23. The summed E-state index contributed by atoms with van der Waals surface area (Å²) >= 11 is 0. The van der Waals surface area contributed by atoms with Crippen LogP contribution in [0.3, 0.4) is 0 Å². The number of aliphatic imine (C=N–C) groups is 1. The van der Waals surface area contributed by atoms with Gasteiger partial charge in [-0.1, -0.05) is 24.3 Å². The second kappa shape index (κ2) is 9.53. The summed E-state index contributed by atoms with van der Waals surface area (Å²) in [5.41, 5.74) is 5.42. The van der Waals surface area contributed by atoms with E-state index in [2.05, 4.69) is 36.2 Å². The fraction of sp³-hybridized carbons (Fsp3) is 0.185. The standard InChI is InChI=1S/C27H24N8O/c36-25(34-12-14-35(15-13-34)27-29-10-3-11-30-27)19-6-8-22(9-7-19)32-26-31-18-21-17-28-16-20-4-1-2-5-23(20)24(21)33-26/h1-11,16,18H,12-15,17H2,(H,31,32,33). The first-order chi connectivity index (χ1) is 17.7. The zero-order valence-corrected chi connectivity index (χ0v) is 19.6. The van der Waals surface area contributed by atoms with E-state index in [9.17, 15) is 4.79 Å². The van der Waals surface area contributed by atoms with Crippen molar-refractivity contribution in [3.63, 3.8) is 0 Å². The molecule has 0 aliphatic carbocycles. The molecule has 1 saturated heterocycles. The van der Waals surface area contributed by atoms with Gasteiger partial charge in [-0.3, -0.25) is 9.79 Å². The number of hydrogen-bond donors (Lipinski definition) is 1. The van der Waals surface area contributed by atoms with E-state index < -0.39 is 0 Å². The summed E-state index contributed by atoms with van der Waals surface area (Å²) in [6.07, 6.45) is 7.18. The van der Waals surface area contributed by atoms with E-state index in [1.165, 1.54) is 0 Å². The lowest BCUT2D eigenvalue weighted by Crippen LogP contribution is -2.49. The van der Waals surface area contributed by atoms with E-state index in [1.54, 1.807) is 18.5 Å². The highest BCUT2D eigenvalue weighted by molar-refractivity contribution is 5.95. The molecule has 6 rings (SSSR count). The maximum Gasteiger partial charge on any atom is 0.253 e. The Hall–Kier alpha value is -4.66. The van der Waals surface area contributed by atoms with Crippen molar-refractivity contribution in [2.45, 2.75) is 6.54 Å². The summed E-state index contributed by atoms with van der Waals surface area (Å²) in [6.45, 7) is 3.22. The number of carbonyl (C=O) groups is 1. The normalized spacial score (nSPS) is 14.6. The molecule has 9 nitrogen and oxygen atoms in total. The smallest absolute Gasteiger partial charge is 0.253 e. The van der Waals surface area contributed by atoms with Crippen LogP contribution in [0, 0.1) is 0 Å². The van der Waals surface area contributed by atoms with Gasteiger partial charge in [-0.15, -0.1) is 0 Å². The van der Waals surface area contributed by atoms with Gasteiger partial charge in [0.25, 0.3) is 5.91 Å². The molecule has 0 atom stereocenters. The lowest BCUT2D eigenvalue weighted by Gasteiger charge is -2.34. The fourth-order valence-electron chi connectivity index (χ4n) is 4.46. The van der Waals surface area contributed by atoms with Crippen LogP contribution in [-0.4, -0.2) is 63.1 Å². The van der Waals surface area contributed by atoms with Crippen molar-refractivity contribution in [3.8, 4) is 11.3 Å². The first-order valence-electron chi connectivity index (χ1n) is 11.9. The topological polar surface area (TPSA) is 99.5 Å². The van der Waals surface area contributed by atoms with E-state index in [4.69, 9.17) is 4.98 Å². The number of hydrogen-bond acceptors (Lipinski definition) is 8. The molecule has 1 N–H and O–H groups in total. The summed E-state index contributed by atoms with van der Waals surface area (Å²) in [5, 5.41) is 3.27. The Kier molecular flexibility index (Phi) is 5.79. The van der Waals surface area contributed by atoms with Crippen LogP contribution in [0.25, 0.3) is 11.3 Å². The predicted octanol–water partition coefficient (Wildman–Crippen LogP) is 3.57. The summed E-state index contributed by atoms with van der Waals surface area (Å²) in [6, 6.07) is 17.3. The minimum atomic E-state index is 0.0214. The average Bonchev–Trinajstić information content (AvgIpc) is 3.13. The van der Waals surface area contributed by atoms with E-state index in [0.29, 0.717) is 50.2 Å². The van der Waals surface area contributed by atoms with Crippen LogP contribution in [0.2, 0.25) is 0 Å². The van der Waals surface area contributed by atoms with Crippen LogP contribution < -0.4 is 10.2 Å². The maximum atomic E-state index is 13.0. The largest absolute Gasteiger partial charge is 0.337 e. The number of aromatic nitrogens is 4. The average molecular weight is 477 g/mol. The van der Waals surface area contributed by atoms with Gasteiger partial charge in [-0.05, 0) is 30.3 Å². The Morgan fingerprint density at radius 1 is 0.861 bits per heavy atom. The second-order valence-electron chi connectivity index (χ2n) is 8.65. The third-order valence-corrected chi connectivity index (χ3v) is 6.36. The Morgan fingerprint density at radius 2 is 1.64 bits per heavy atom. The Morgan fingerprint density at radius 3 is 2.44 bits per heavy atom. The molecule has 1 fully saturated rings. The molecule has 0 radical (unpaired) electrons. The molecule has 178 valence electrons. The summed E-state index contributed by atoms with van der Waals surface area (Å²) < 4.78 is 0. The highest BCUT2D eigenvalue weighted by Gasteiger charge is 2.23. The quantitative estimate of drug-likeness (QED) is 0.481. The van der Waals surface area contributed by atoms with Crippen molar-refractivity contribution in [1.29, 1.82) is 0 Å². The van der Waals surface area contributed by atoms with Crippen molar-refractivity contribution in [2.24, 2.45) is 4.99 Å². The van der Waals surface area contributed by atoms with Crippen molar-refractivity contribution >= 4 is 29.7 Å². The lowest BCUT2D eigenvalue weighted by atomic mass is 10.0. The predicted molar refractivity (Wildman–Crippen MR) is 139 cm³/mol. The zero-order chi connectivity index (χ0) is 24.3. The van der Waals surface area contributed by atoms with Gasteiger partial charge in [0, 0.05) is 78.9 Å². The first-order valence-corrected chi connectivity index (χ1v) is 11.9. The molecule has 4 heterocycles. The molecule has 1 amide bonds. The van der Waals surface area contributed by atoms with Crippen LogP contribution in [0.15, 0.2) is 78.2 Å². The zero-order valence-electron chi connectivity index (χ0n) is 19.6. The Balaban J connectivity index is 1.13. The molecular weight excluding hydrogens is 452 g/mol. The number of fused-ring (bicyclic) bond motifs is 3. The highest BCUT2D eigenvalue weighted by Crippen LogP contribution is 2.28. The molecule has 0 unspecified atom stereocenters. The van der Waals surface area contributed by atoms with Crippen LogP contribution in [0.4, 0.5) is 17.6 Å². The highest BCUT2D eigenvalue weighted by atomic mass is 16.2. The molecule has 0 spiro atoms. The van der Waals surface area contributed by atoms with Gasteiger partial charge in [0.2, 0.25) is 11.9 Å². The van der Waals surface area contributed by atoms with E-state index in [0.717, 1.165) is 28.1 Å². The first kappa shape index (κ1) is 21.8. The summed E-state index contributed by atoms with van der Waals surface area (Å²) in [4.78, 5) is 39.4. The molecular formula is C27H24N8O. The molecule has 0 bridgehead atoms. The van der Waals surface area contributed by atoms with Crippen molar-refractivity contribution < 1.29 is 4.79 Å².